The lowest BCUT2D eigenvalue weighted by molar-refractivity contribution is 0.231. The Labute approximate surface area is 128 Å². The van der Waals surface area contributed by atoms with Gasteiger partial charge in [-0.2, -0.15) is 0 Å². The largest absolute Gasteiger partial charge is 0.492 e. The highest BCUT2D eigenvalue weighted by Gasteiger charge is 2.03. The highest BCUT2D eigenvalue weighted by molar-refractivity contribution is 7.80. The van der Waals surface area contributed by atoms with E-state index in [9.17, 15) is 0 Å². The van der Waals surface area contributed by atoms with Crippen LogP contribution in [-0.2, 0) is 6.54 Å². The Morgan fingerprint density at radius 2 is 2.15 bits per heavy atom. The highest BCUT2D eigenvalue weighted by Crippen LogP contribution is 2.12. The van der Waals surface area contributed by atoms with Crippen molar-refractivity contribution in [3.63, 3.8) is 0 Å². The number of aromatic nitrogens is 1. The summed E-state index contributed by atoms with van der Waals surface area (Å²) in [5.41, 5.74) is 9.35. The number of benzene rings is 1. The molecule has 6 heteroatoms. The molecule has 0 aliphatic carbocycles. The molecule has 1 aromatic heterocycles. The number of nitrogens with zero attached hydrogens (tertiary/aromatic N) is 2. The van der Waals surface area contributed by atoms with Gasteiger partial charge in [-0.1, -0.05) is 12.2 Å². The molecule has 0 amide bonds. The van der Waals surface area contributed by atoms with Crippen LogP contribution in [-0.4, -0.2) is 35.1 Å². The van der Waals surface area contributed by atoms with Crippen LogP contribution in [0.25, 0.3) is 0 Å². The van der Waals surface area contributed by atoms with Crippen LogP contribution in [0.5, 0.6) is 5.75 Å². The second-order valence-corrected chi connectivity index (χ2v) is 5.61. The summed E-state index contributed by atoms with van der Waals surface area (Å²) in [6.07, 6.45) is 0. The van der Waals surface area contributed by atoms with Gasteiger partial charge in [-0.3, -0.25) is 4.90 Å². The molecule has 0 saturated carbocycles. The third kappa shape index (κ3) is 4.56. The topological polar surface area (TPSA) is 51.4 Å². The number of likely N-dealkylation sites (N-methyl/N-ethyl adjacent to an activating group) is 1. The Bertz CT molecular complexity index is 540. The second-order valence-electron chi connectivity index (χ2n) is 4.45. The van der Waals surface area contributed by atoms with Crippen molar-refractivity contribution in [2.45, 2.75) is 6.54 Å². The quantitative estimate of drug-likeness (QED) is 0.795. The van der Waals surface area contributed by atoms with Crippen LogP contribution in [0.1, 0.15) is 11.3 Å². The molecule has 1 heterocycles. The summed E-state index contributed by atoms with van der Waals surface area (Å²) in [5, 5.41) is 2.06. The van der Waals surface area contributed by atoms with Crippen molar-refractivity contribution in [1.82, 2.24) is 9.88 Å². The number of hydrogen-bond donors (Lipinski definition) is 1. The molecule has 0 aliphatic rings. The summed E-state index contributed by atoms with van der Waals surface area (Å²) in [6.45, 7) is 2.31. The molecule has 106 valence electrons. The van der Waals surface area contributed by atoms with Crippen molar-refractivity contribution in [1.29, 1.82) is 0 Å². The van der Waals surface area contributed by atoms with Crippen LogP contribution in [0.2, 0.25) is 0 Å². The van der Waals surface area contributed by atoms with Gasteiger partial charge in [0, 0.05) is 24.0 Å². The molecule has 0 fully saturated rings. The van der Waals surface area contributed by atoms with Crippen molar-refractivity contribution in [2.24, 2.45) is 5.73 Å². The first-order chi connectivity index (χ1) is 9.65. The third-order valence-corrected chi connectivity index (χ3v) is 3.67. The predicted molar refractivity (Wildman–Crippen MR) is 86.3 cm³/mol. The molecule has 0 radical (unpaired) electrons. The van der Waals surface area contributed by atoms with Gasteiger partial charge in [-0.15, -0.1) is 11.3 Å². The number of thiazole rings is 1. The van der Waals surface area contributed by atoms with Gasteiger partial charge in [0.1, 0.15) is 17.3 Å². The maximum absolute atomic E-state index is 5.69. The van der Waals surface area contributed by atoms with Gasteiger partial charge in [0.05, 0.1) is 11.2 Å². The Morgan fingerprint density at radius 1 is 1.40 bits per heavy atom. The number of ether oxygens (including phenoxy) is 1. The average molecular weight is 307 g/mol. The summed E-state index contributed by atoms with van der Waals surface area (Å²) in [5.74, 6) is 0.826. The lowest BCUT2D eigenvalue weighted by atomic mass is 10.2. The van der Waals surface area contributed by atoms with Gasteiger partial charge in [0.15, 0.2) is 0 Å². The van der Waals surface area contributed by atoms with Crippen LogP contribution < -0.4 is 10.5 Å². The SMILES string of the molecule is CN(CCOc1ccc(C(N)=S)cc1)Cc1cscn1. The zero-order valence-electron chi connectivity index (χ0n) is 11.3. The lowest BCUT2D eigenvalue weighted by Crippen LogP contribution is -2.24. The van der Waals surface area contributed by atoms with E-state index in [0.29, 0.717) is 11.6 Å². The minimum Gasteiger partial charge on any atom is -0.492 e. The van der Waals surface area contributed by atoms with Crippen LogP contribution in [0.3, 0.4) is 0 Å². The van der Waals surface area contributed by atoms with Crippen molar-refractivity contribution in [2.75, 3.05) is 20.2 Å². The van der Waals surface area contributed by atoms with Crippen LogP contribution in [0.15, 0.2) is 35.2 Å². The first kappa shape index (κ1) is 14.9. The molecular formula is C14H17N3OS2. The van der Waals surface area contributed by atoms with Gasteiger partial charge in [-0.25, -0.2) is 4.98 Å². The lowest BCUT2D eigenvalue weighted by Gasteiger charge is -2.15. The maximum Gasteiger partial charge on any atom is 0.119 e. The van der Waals surface area contributed by atoms with Crippen molar-refractivity contribution < 1.29 is 4.74 Å². The first-order valence-corrected chi connectivity index (χ1v) is 7.58. The van der Waals surface area contributed by atoms with Gasteiger partial charge in [-0.05, 0) is 31.3 Å². The smallest absolute Gasteiger partial charge is 0.119 e. The van der Waals surface area contributed by atoms with Crippen LogP contribution in [0.4, 0.5) is 0 Å². The minimum absolute atomic E-state index is 0.402. The molecule has 1 aromatic carbocycles. The molecule has 4 nitrogen and oxygen atoms in total. The fourth-order valence-electron chi connectivity index (χ4n) is 1.71. The molecule has 2 rings (SSSR count). The fourth-order valence-corrected chi connectivity index (χ4v) is 2.39. The van der Waals surface area contributed by atoms with Gasteiger partial charge in [0.25, 0.3) is 0 Å². The number of nitrogens with two attached hydrogens (primary N) is 1. The molecule has 0 aliphatic heterocycles. The van der Waals surface area contributed by atoms with Gasteiger partial charge in [0.2, 0.25) is 0 Å². The van der Waals surface area contributed by atoms with Crippen LogP contribution in [0, 0.1) is 0 Å². The van der Waals surface area contributed by atoms with E-state index in [4.69, 9.17) is 22.7 Å². The minimum atomic E-state index is 0.402. The Kier molecular flexibility index (Phi) is 5.46. The third-order valence-electron chi connectivity index (χ3n) is 2.80. The maximum atomic E-state index is 5.69. The number of hydrogen-bond acceptors (Lipinski definition) is 5. The van der Waals surface area contributed by atoms with Gasteiger partial charge >= 0.3 is 0 Å². The van der Waals surface area contributed by atoms with E-state index >= 15 is 0 Å². The van der Waals surface area contributed by atoms with Crippen molar-refractivity contribution >= 4 is 28.5 Å². The highest BCUT2D eigenvalue weighted by atomic mass is 32.1. The Hall–Kier alpha value is -1.50. The zero-order chi connectivity index (χ0) is 14.4. The van der Waals surface area contributed by atoms with E-state index in [-0.39, 0.29) is 0 Å². The summed E-state index contributed by atoms with van der Waals surface area (Å²) in [6, 6.07) is 7.51. The standard InChI is InChI=1S/C14H17N3OS2/c1-17(8-12-9-20-10-16-12)6-7-18-13-4-2-11(3-5-13)14(15)19/h2-5,9-10H,6-8H2,1H3,(H2,15,19). The number of thiocarbonyl (C=S) groups is 1. The summed E-state index contributed by atoms with van der Waals surface area (Å²) >= 11 is 6.52. The van der Waals surface area contributed by atoms with E-state index in [1.54, 1.807) is 11.3 Å². The van der Waals surface area contributed by atoms with E-state index in [0.717, 1.165) is 30.1 Å². The summed E-state index contributed by atoms with van der Waals surface area (Å²) < 4.78 is 5.69. The van der Waals surface area contributed by atoms with E-state index in [1.165, 1.54) is 0 Å². The molecule has 0 bridgehead atoms. The normalized spacial score (nSPS) is 10.7. The zero-order valence-corrected chi connectivity index (χ0v) is 12.9. The molecule has 0 atom stereocenters. The number of rotatable bonds is 7. The Morgan fingerprint density at radius 3 is 2.75 bits per heavy atom. The molecule has 2 aromatic rings. The van der Waals surface area contributed by atoms with E-state index < -0.39 is 0 Å². The molecular weight excluding hydrogens is 290 g/mol. The Balaban J connectivity index is 1.73. The average Bonchev–Trinajstić information content (AvgIpc) is 2.92. The molecule has 2 N–H and O–H groups in total. The van der Waals surface area contributed by atoms with Crippen molar-refractivity contribution in [3.8, 4) is 5.75 Å². The van der Waals surface area contributed by atoms with Crippen molar-refractivity contribution in [3.05, 3.63) is 46.4 Å². The predicted octanol–water partition coefficient (Wildman–Crippen LogP) is 2.29. The molecule has 0 saturated heterocycles. The van der Waals surface area contributed by atoms with Gasteiger partial charge < -0.3 is 10.5 Å². The first-order valence-electron chi connectivity index (χ1n) is 6.23. The summed E-state index contributed by atoms with van der Waals surface area (Å²) in [7, 11) is 2.05. The second kappa shape index (κ2) is 7.33. The molecule has 0 unspecified atom stereocenters. The van der Waals surface area contributed by atoms with Crippen LogP contribution >= 0.6 is 23.6 Å². The van der Waals surface area contributed by atoms with E-state index in [2.05, 4.69) is 22.3 Å². The molecule has 0 spiro atoms. The monoisotopic (exact) mass is 307 g/mol. The van der Waals surface area contributed by atoms with E-state index in [1.807, 2.05) is 29.8 Å². The molecule has 20 heavy (non-hydrogen) atoms. The summed E-state index contributed by atoms with van der Waals surface area (Å²) in [4.78, 5) is 6.84. The fraction of sp³-hybridized carbons (Fsp3) is 0.286.